The molecule has 0 saturated carbocycles. The van der Waals surface area contributed by atoms with Gasteiger partial charge in [-0.15, -0.1) is 0 Å². The summed E-state index contributed by atoms with van der Waals surface area (Å²) in [4.78, 5) is 0. The van der Waals surface area contributed by atoms with Gasteiger partial charge in [-0.3, -0.25) is 0 Å². The van der Waals surface area contributed by atoms with Crippen LogP contribution in [0.3, 0.4) is 0 Å². The average molecular weight is 309 g/mol. The zero-order chi connectivity index (χ0) is 15.2. The third-order valence-electron chi connectivity index (χ3n) is 3.04. The molecular formula is C16H17ClO4. The van der Waals surface area contributed by atoms with Crippen LogP contribution in [0.4, 0.5) is 0 Å². The first-order valence-corrected chi connectivity index (χ1v) is 6.87. The van der Waals surface area contributed by atoms with Crippen molar-refractivity contribution in [3.05, 3.63) is 59.1 Å². The molecule has 2 aromatic rings. The first-order chi connectivity index (χ1) is 10.2. The Labute approximate surface area is 128 Å². The number of benzene rings is 2. The standard InChI is InChI=1S/C16H17ClO4/c1-20-15-9-12(17)7-8-14(15)21-16(13(19)10-18)11-5-3-2-4-6-11/h2-9,13,16,18-19H,10H2,1H3/t13-,16+/m1/s1. The molecule has 2 aromatic carbocycles. The average Bonchev–Trinajstić information content (AvgIpc) is 2.53. The summed E-state index contributed by atoms with van der Waals surface area (Å²) in [6, 6.07) is 14.2. The third kappa shape index (κ3) is 3.88. The van der Waals surface area contributed by atoms with Crippen molar-refractivity contribution in [3.8, 4) is 11.5 Å². The van der Waals surface area contributed by atoms with Gasteiger partial charge in [0.05, 0.1) is 13.7 Å². The van der Waals surface area contributed by atoms with Crippen LogP contribution in [-0.2, 0) is 0 Å². The second-order valence-corrected chi connectivity index (χ2v) is 4.93. The van der Waals surface area contributed by atoms with E-state index in [1.807, 2.05) is 30.3 Å². The van der Waals surface area contributed by atoms with Crippen LogP contribution in [-0.4, -0.2) is 30.0 Å². The molecule has 21 heavy (non-hydrogen) atoms. The number of hydrogen-bond acceptors (Lipinski definition) is 4. The van der Waals surface area contributed by atoms with Gasteiger partial charge in [0.25, 0.3) is 0 Å². The van der Waals surface area contributed by atoms with Crippen molar-refractivity contribution < 1.29 is 19.7 Å². The molecule has 5 heteroatoms. The minimum Gasteiger partial charge on any atom is -0.493 e. The molecule has 112 valence electrons. The molecule has 0 radical (unpaired) electrons. The maximum absolute atomic E-state index is 10.0. The number of hydrogen-bond donors (Lipinski definition) is 2. The molecule has 0 unspecified atom stereocenters. The Morgan fingerprint density at radius 1 is 1.10 bits per heavy atom. The fraction of sp³-hybridized carbons (Fsp3) is 0.250. The van der Waals surface area contributed by atoms with Gasteiger partial charge < -0.3 is 19.7 Å². The smallest absolute Gasteiger partial charge is 0.162 e. The van der Waals surface area contributed by atoms with Crippen LogP contribution in [0.2, 0.25) is 5.02 Å². The van der Waals surface area contributed by atoms with E-state index < -0.39 is 18.8 Å². The zero-order valence-electron chi connectivity index (χ0n) is 11.6. The van der Waals surface area contributed by atoms with Crippen molar-refractivity contribution in [2.75, 3.05) is 13.7 Å². The van der Waals surface area contributed by atoms with Gasteiger partial charge in [0.15, 0.2) is 17.6 Å². The predicted molar refractivity (Wildman–Crippen MR) is 80.9 cm³/mol. The summed E-state index contributed by atoms with van der Waals surface area (Å²) < 4.78 is 11.1. The number of halogens is 1. The fourth-order valence-electron chi connectivity index (χ4n) is 1.98. The van der Waals surface area contributed by atoms with Crippen LogP contribution >= 0.6 is 11.6 Å². The molecule has 2 atom stereocenters. The van der Waals surface area contributed by atoms with Crippen LogP contribution in [0.1, 0.15) is 11.7 Å². The van der Waals surface area contributed by atoms with Crippen molar-refractivity contribution >= 4 is 11.6 Å². The normalized spacial score (nSPS) is 13.5. The van der Waals surface area contributed by atoms with Gasteiger partial charge >= 0.3 is 0 Å². The van der Waals surface area contributed by atoms with Crippen molar-refractivity contribution in [3.63, 3.8) is 0 Å². The molecule has 0 bridgehead atoms. The molecule has 0 spiro atoms. The van der Waals surface area contributed by atoms with E-state index in [2.05, 4.69) is 0 Å². The maximum Gasteiger partial charge on any atom is 0.162 e. The van der Waals surface area contributed by atoms with Crippen LogP contribution in [0.5, 0.6) is 11.5 Å². The van der Waals surface area contributed by atoms with Crippen LogP contribution < -0.4 is 9.47 Å². The summed E-state index contributed by atoms with van der Waals surface area (Å²) in [5.41, 5.74) is 0.760. The quantitative estimate of drug-likeness (QED) is 0.861. The highest BCUT2D eigenvalue weighted by molar-refractivity contribution is 6.30. The van der Waals surface area contributed by atoms with Crippen molar-refractivity contribution in [2.24, 2.45) is 0 Å². The second-order valence-electron chi connectivity index (χ2n) is 4.49. The molecular weight excluding hydrogens is 292 g/mol. The lowest BCUT2D eigenvalue weighted by atomic mass is 10.0. The molecule has 0 fully saturated rings. The number of rotatable bonds is 6. The van der Waals surface area contributed by atoms with E-state index in [1.165, 1.54) is 7.11 Å². The van der Waals surface area contributed by atoms with Crippen LogP contribution in [0.15, 0.2) is 48.5 Å². The largest absolute Gasteiger partial charge is 0.493 e. The van der Waals surface area contributed by atoms with E-state index >= 15 is 0 Å². The van der Waals surface area contributed by atoms with E-state index in [1.54, 1.807) is 18.2 Å². The summed E-state index contributed by atoms with van der Waals surface area (Å²) >= 11 is 5.91. The molecule has 0 aliphatic carbocycles. The molecule has 0 aliphatic rings. The Kier molecular flexibility index (Phi) is 5.44. The van der Waals surface area contributed by atoms with E-state index in [4.69, 9.17) is 21.1 Å². The SMILES string of the molecule is COc1cc(Cl)ccc1O[C@@H](c1ccccc1)[C@H](O)CO. The van der Waals surface area contributed by atoms with E-state index in [0.717, 1.165) is 5.56 Å². The monoisotopic (exact) mass is 308 g/mol. The fourth-order valence-corrected chi connectivity index (χ4v) is 2.14. The van der Waals surface area contributed by atoms with Crippen molar-refractivity contribution in [2.45, 2.75) is 12.2 Å². The summed E-state index contributed by atoms with van der Waals surface area (Å²) in [6.07, 6.45) is -1.75. The van der Waals surface area contributed by atoms with Crippen molar-refractivity contribution in [1.82, 2.24) is 0 Å². The summed E-state index contributed by atoms with van der Waals surface area (Å²) in [5, 5.41) is 19.8. The van der Waals surface area contributed by atoms with Gasteiger partial charge in [0.1, 0.15) is 6.10 Å². The van der Waals surface area contributed by atoms with Gasteiger partial charge in [0, 0.05) is 11.1 Å². The molecule has 0 amide bonds. The number of ether oxygens (including phenoxy) is 2. The van der Waals surface area contributed by atoms with E-state index in [0.29, 0.717) is 16.5 Å². The van der Waals surface area contributed by atoms with Gasteiger partial charge in [0.2, 0.25) is 0 Å². The minimum atomic E-state index is -1.05. The molecule has 2 rings (SSSR count). The highest BCUT2D eigenvalue weighted by Gasteiger charge is 2.23. The van der Waals surface area contributed by atoms with E-state index in [-0.39, 0.29) is 0 Å². The minimum absolute atomic E-state index is 0.407. The predicted octanol–water partition coefficient (Wildman–Crippen LogP) is 2.82. The Morgan fingerprint density at radius 2 is 1.81 bits per heavy atom. The lowest BCUT2D eigenvalue weighted by Gasteiger charge is -2.24. The molecule has 0 saturated heterocycles. The van der Waals surface area contributed by atoms with Crippen LogP contribution in [0.25, 0.3) is 0 Å². The number of methoxy groups -OCH3 is 1. The molecule has 0 heterocycles. The highest BCUT2D eigenvalue weighted by atomic mass is 35.5. The Balaban J connectivity index is 2.32. The highest BCUT2D eigenvalue weighted by Crippen LogP contribution is 2.34. The second kappa shape index (κ2) is 7.31. The Morgan fingerprint density at radius 3 is 2.43 bits per heavy atom. The topological polar surface area (TPSA) is 58.9 Å². The molecule has 4 nitrogen and oxygen atoms in total. The van der Waals surface area contributed by atoms with Gasteiger partial charge in [-0.2, -0.15) is 0 Å². The number of aliphatic hydroxyl groups is 2. The molecule has 0 aliphatic heterocycles. The van der Waals surface area contributed by atoms with Gasteiger partial charge in [-0.25, -0.2) is 0 Å². The first-order valence-electron chi connectivity index (χ1n) is 6.49. The third-order valence-corrected chi connectivity index (χ3v) is 3.28. The lowest BCUT2D eigenvalue weighted by molar-refractivity contribution is -0.00286. The van der Waals surface area contributed by atoms with E-state index in [9.17, 15) is 10.2 Å². The zero-order valence-corrected chi connectivity index (χ0v) is 12.3. The summed E-state index contributed by atoms with van der Waals surface area (Å²) in [7, 11) is 1.51. The van der Waals surface area contributed by atoms with Gasteiger partial charge in [-0.1, -0.05) is 41.9 Å². The van der Waals surface area contributed by atoms with Gasteiger partial charge in [-0.05, 0) is 17.7 Å². The Hall–Kier alpha value is -1.75. The number of aliphatic hydroxyl groups excluding tert-OH is 2. The molecule has 2 N–H and O–H groups in total. The molecule has 0 aromatic heterocycles. The first kappa shape index (κ1) is 15.6. The summed E-state index contributed by atoms with van der Waals surface area (Å²) in [6.45, 7) is -0.407. The summed E-state index contributed by atoms with van der Waals surface area (Å²) in [5.74, 6) is 0.914. The van der Waals surface area contributed by atoms with Crippen molar-refractivity contribution in [1.29, 1.82) is 0 Å². The maximum atomic E-state index is 10.0. The van der Waals surface area contributed by atoms with Crippen LogP contribution in [0, 0.1) is 0 Å². The Bertz CT molecular complexity index is 574. The lowest BCUT2D eigenvalue weighted by Crippen LogP contribution is -2.27.